The van der Waals surface area contributed by atoms with Crippen LogP contribution >= 0.6 is 0 Å². The minimum Gasteiger partial charge on any atom is -0.374 e. The van der Waals surface area contributed by atoms with Gasteiger partial charge in [0.15, 0.2) is 0 Å². The van der Waals surface area contributed by atoms with Crippen molar-refractivity contribution in [3.05, 3.63) is 52.8 Å². The molecule has 1 aliphatic heterocycles. The molecule has 0 spiro atoms. The number of nitrogens with zero attached hydrogens (tertiary/aromatic N) is 3. The summed E-state index contributed by atoms with van der Waals surface area (Å²) < 4.78 is 7.88. The lowest BCUT2D eigenvalue weighted by Gasteiger charge is -2.43. The average Bonchev–Trinajstić information content (AvgIpc) is 2.95. The fraction of sp³-hybridized carbons (Fsp3) is 0.524. The molecular formula is C21H27N3O2. The maximum Gasteiger partial charge on any atom is 0.258 e. The van der Waals surface area contributed by atoms with Crippen LogP contribution in [0.2, 0.25) is 0 Å². The molecule has 26 heavy (non-hydrogen) atoms. The van der Waals surface area contributed by atoms with Gasteiger partial charge in [-0.3, -0.25) is 9.48 Å². The number of ether oxygens (including phenoxy) is 1. The lowest BCUT2D eigenvalue weighted by atomic mass is 9.89. The van der Waals surface area contributed by atoms with E-state index in [2.05, 4.69) is 22.1 Å². The van der Waals surface area contributed by atoms with Crippen LogP contribution in [0.5, 0.6) is 0 Å². The van der Waals surface area contributed by atoms with Crippen molar-refractivity contribution in [3.63, 3.8) is 0 Å². The molecule has 0 bridgehead atoms. The highest BCUT2D eigenvalue weighted by Crippen LogP contribution is 2.30. The van der Waals surface area contributed by atoms with Gasteiger partial charge in [0, 0.05) is 12.2 Å². The average molecular weight is 353 g/mol. The highest BCUT2D eigenvalue weighted by Gasteiger charge is 2.38. The van der Waals surface area contributed by atoms with Crippen molar-refractivity contribution in [1.29, 1.82) is 0 Å². The molecule has 1 aromatic heterocycles. The SMILES string of the molecule is Cc1nn(Cc2ccccc2)c(C)c1C(=O)N1CCO[C@H]2CCCC[C@@H]21. The lowest BCUT2D eigenvalue weighted by molar-refractivity contribution is -0.0753. The van der Waals surface area contributed by atoms with E-state index >= 15 is 0 Å². The number of hydrogen-bond donors (Lipinski definition) is 0. The Morgan fingerprint density at radius 3 is 2.77 bits per heavy atom. The van der Waals surface area contributed by atoms with Crippen molar-refractivity contribution in [1.82, 2.24) is 14.7 Å². The minimum absolute atomic E-state index is 0.125. The second-order valence-electron chi connectivity index (χ2n) is 7.45. The number of carbonyl (C=O) groups is 1. The van der Waals surface area contributed by atoms with Crippen LogP contribution in [0.25, 0.3) is 0 Å². The van der Waals surface area contributed by atoms with E-state index < -0.39 is 0 Å². The summed E-state index contributed by atoms with van der Waals surface area (Å²) in [5.41, 5.74) is 3.74. The zero-order chi connectivity index (χ0) is 18.1. The van der Waals surface area contributed by atoms with E-state index in [1.165, 1.54) is 18.4 Å². The van der Waals surface area contributed by atoms with Crippen LogP contribution in [0, 0.1) is 13.8 Å². The van der Waals surface area contributed by atoms with Crippen molar-refractivity contribution in [2.75, 3.05) is 13.2 Å². The van der Waals surface area contributed by atoms with Gasteiger partial charge in [-0.15, -0.1) is 0 Å². The largest absolute Gasteiger partial charge is 0.374 e. The summed E-state index contributed by atoms with van der Waals surface area (Å²) >= 11 is 0. The molecule has 4 rings (SSSR count). The number of carbonyl (C=O) groups excluding carboxylic acids is 1. The Morgan fingerprint density at radius 1 is 1.19 bits per heavy atom. The molecule has 1 saturated heterocycles. The summed E-state index contributed by atoms with van der Waals surface area (Å²) in [6.45, 7) is 5.97. The number of aryl methyl sites for hydroxylation is 1. The Morgan fingerprint density at radius 2 is 1.96 bits per heavy atom. The zero-order valence-corrected chi connectivity index (χ0v) is 15.6. The predicted molar refractivity (Wildman–Crippen MR) is 100 cm³/mol. The Bertz CT molecular complexity index is 782. The highest BCUT2D eigenvalue weighted by molar-refractivity contribution is 5.96. The van der Waals surface area contributed by atoms with E-state index in [1.807, 2.05) is 36.7 Å². The molecule has 138 valence electrons. The number of amides is 1. The van der Waals surface area contributed by atoms with Gasteiger partial charge in [0.25, 0.3) is 5.91 Å². The number of hydrogen-bond acceptors (Lipinski definition) is 3. The monoisotopic (exact) mass is 353 g/mol. The van der Waals surface area contributed by atoms with Gasteiger partial charge in [0.05, 0.1) is 36.6 Å². The van der Waals surface area contributed by atoms with Gasteiger partial charge in [-0.05, 0) is 32.3 Å². The van der Waals surface area contributed by atoms with Crippen LogP contribution in [0.15, 0.2) is 30.3 Å². The second-order valence-corrected chi connectivity index (χ2v) is 7.45. The third kappa shape index (κ3) is 3.16. The Hall–Kier alpha value is -2.14. The number of morpholine rings is 1. The normalized spacial score (nSPS) is 22.9. The summed E-state index contributed by atoms with van der Waals surface area (Å²) in [6, 6.07) is 10.5. The van der Waals surface area contributed by atoms with Gasteiger partial charge in [0.2, 0.25) is 0 Å². The molecule has 0 unspecified atom stereocenters. The van der Waals surface area contributed by atoms with Crippen LogP contribution in [-0.4, -0.2) is 45.9 Å². The third-order valence-corrected chi connectivity index (χ3v) is 5.76. The predicted octanol–water partition coefficient (Wildman–Crippen LogP) is 3.33. The highest BCUT2D eigenvalue weighted by atomic mass is 16.5. The van der Waals surface area contributed by atoms with E-state index in [-0.39, 0.29) is 18.1 Å². The van der Waals surface area contributed by atoms with Crippen LogP contribution < -0.4 is 0 Å². The first kappa shape index (κ1) is 17.3. The first-order valence-corrected chi connectivity index (χ1v) is 9.65. The quantitative estimate of drug-likeness (QED) is 0.850. The number of rotatable bonds is 3. The van der Waals surface area contributed by atoms with Crippen LogP contribution in [0.4, 0.5) is 0 Å². The van der Waals surface area contributed by atoms with Crippen molar-refractivity contribution in [3.8, 4) is 0 Å². The molecular weight excluding hydrogens is 326 g/mol. The Balaban J connectivity index is 1.60. The standard InChI is InChI=1S/C21H27N3O2/c1-15-20(16(2)24(22-15)14-17-8-4-3-5-9-17)21(25)23-12-13-26-19-11-7-6-10-18(19)23/h3-5,8-9,18-19H,6-7,10-14H2,1-2H3/t18-,19-/m0/s1. The van der Waals surface area contributed by atoms with E-state index in [9.17, 15) is 4.79 Å². The van der Waals surface area contributed by atoms with E-state index in [0.29, 0.717) is 19.7 Å². The maximum atomic E-state index is 13.4. The molecule has 5 nitrogen and oxygen atoms in total. The summed E-state index contributed by atoms with van der Waals surface area (Å²) in [4.78, 5) is 15.4. The van der Waals surface area contributed by atoms with Crippen molar-refractivity contribution in [2.45, 2.75) is 58.2 Å². The van der Waals surface area contributed by atoms with Crippen molar-refractivity contribution < 1.29 is 9.53 Å². The molecule has 1 aromatic carbocycles. The molecule has 2 aromatic rings. The van der Waals surface area contributed by atoms with Crippen LogP contribution in [0.1, 0.15) is 53.0 Å². The van der Waals surface area contributed by atoms with Crippen LogP contribution in [-0.2, 0) is 11.3 Å². The van der Waals surface area contributed by atoms with Gasteiger partial charge < -0.3 is 9.64 Å². The van der Waals surface area contributed by atoms with Gasteiger partial charge in [-0.2, -0.15) is 5.10 Å². The fourth-order valence-electron chi connectivity index (χ4n) is 4.41. The number of aromatic nitrogens is 2. The summed E-state index contributed by atoms with van der Waals surface area (Å²) in [7, 11) is 0. The molecule has 0 radical (unpaired) electrons. The van der Waals surface area contributed by atoms with E-state index in [0.717, 1.165) is 29.8 Å². The Labute approximate surface area is 154 Å². The molecule has 1 saturated carbocycles. The first-order chi connectivity index (χ1) is 12.6. The van der Waals surface area contributed by atoms with Crippen molar-refractivity contribution in [2.24, 2.45) is 0 Å². The van der Waals surface area contributed by atoms with Crippen molar-refractivity contribution >= 4 is 5.91 Å². The summed E-state index contributed by atoms with van der Waals surface area (Å²) in [6.07, 6.45) is 4.71. The van der Waals surface area contributed by atoms with E-state index in [4.69, 9.17) is 4.74 Å². The molecule has 0 N–H and O–H groups in total. The lowest BCUT2D eigenvalue weighted by Crippen LogP contribution is -2.55. The van der Waals surface area contributed by atoms with Gasteiger partial charge >= 0.3 is 0 Å². The fourth-order valence-corrected chi connectivity index (χ4v) is 4.41. The Kier molecular flexibility index (Phi) is 4.81. The topological polar surface area (TPSA) is 47.4 Å². The summed E-state index contributed by atoms with van der Waals surface area (Å²) in [5, 5.41) is 4.66. The molecule has 1 aliphatic carbocycles. The summed E-state index contributed by atoms with van der Waals surface area (Å²) in [5.74, 6) is 0.125. The van der Waals surface area contributed by atoms with E-state index in [1.54, 1.807) is 0 Å². The number of fused-ring (bicyclic) bond motifs is 1. The molecule has 2 atom stereocenters. The zero-order valence-electron chi connectivity index (χ0n) is 15.6. The molecule has 5 heteroatoms. The van der Waals surface area contributed by atoms with Crippen LogP contribution in [0.3, 0.4) is 0 Å². The first-order valence-electron chi connectivity index (χ1n) is 9.65. The second kappa shape index (κ2) is 7.23. The number of benzene rings is 1. The van der Waals surface area contributed by atoms with Gasteiger partial charge in [-0.1, -0.05) is 43.2 Å². The molecule has 2 aliphatic rings. The van der Waals surface area contributed by atoms with Gasteiger partial charge in [-0.25, -0.2) is 0 Å². The maximum absolute atomic E-state index is 13.4. The molecule has 2 heterocycles. The third-order valence-electron chi connectivity index (χ3n) is 5.76. The minimum atomic E-state index is 0.125. The molecule has 1 amide bonds. The van der Waals surface area contributed by atoms with Gasteiger partial charge in [0.1, 0.15) is 0 Å². The molecule has 2 fully saturated rings. The smallest absolute Gasteiger partial charge is 0.258 e.